The van der Waals surface area contributed by atoms with E-state index in [1.165, 1.54) is 25.7 Å². The molecule has 0 saturated carbocycles. The van der Waals surface area contributed by atoms with Gasteiger partial charge in [0.25, 0.3) is 0 Å². The molecule has 13 nitrogen and oxygen atoms in total. The van der Waals surface area contributed by atoms with Crippen LogP contribution in [0.1, 0.15) is 65.2 Å². The van der Waals surface area contributed by atoms with E-state index in [1.54, 1.807) is 11.8 Å². The van der Waals surface area contributed by atoms with Crippen molar-refractivity contribution in [1.29, 1.82) is 0 Å². The van der Waals surface area contributed by atoms with Crippen LogP contribution in [0, 0.1) is 39.9 Å². The molecule has 15 heteroatoms. The van der Waals surface area contributed by atoms with Crippen LogP contribution in [-0.4, -0.2) is 109 Å². The van der Waals surface area contributed by atoms with Crippen molar-refractivity contribution in [1.82, 2.24) is 20.0 Å². The monoisotopic (exact) mass is 723 g/mol. The summed E-state index contributed by atoms with van der Waals surface area (Å²) in [6, 6.07) is -0.746. The number of amides is 1. The smallest absolute Gasteiger partial charge is 0.549 e. The van der Waals surface area contributed by atoms with E-state index in [2.05, 4.69) is 12.2 Å². The van der Waals surface area contributed by atoms with E-state index < -0.39 is 56.1 Å². The van der Waals surface area contributed by atoms with Crippen molar-refractivity contribution in [3.8, 4) is 0 Å². The van der Waals surface area contributed by atoms with Crippen molar-refractivity contribution in [2.75, 3.05) is 58.9 Å². The summed E-state index contributed by atoms with van der Waals surface area (Å²) in [5.41, 5.74) is 0. The van der Waals surface area contributed by atoms with E-state index in [9.17, 15) is 44.4 Å². The Bertz CT molecular complexity index is 677. The third-order valence-electron chi connectivity index (χ3n) is 6.07. The maximum Gasteiger partial charge on any atom is 3.00 e. The normalized spacial score (nSPS) is 11.5. The molecule has 0 fully saturated rings. The Kier molecular flexibility index (Phi) is 30.1. The van der Waals surface area contributed by atoms with Gasteiger partial charge in [-0.05, 0) is 13.3 Å². The van der Waals surface area contributed by atoms with Gasteiger partial charge in [-0.3, -0.25) is 19.5 Å². The second-order valence-electron chi connectivity index (χ2n) is 9.39. The van der Waals surface area contributed by atoms with Crippen LogP contribution in [0.2, 0.25) is 0 Å². The minimum Gasteiger partial charge on any atom is -0.549 e. The largest absolute Gasteiger partial charge is 3.00 e. The van der Waals surface area contributed by atoms with Gasteiger partial charge in [-0.15, -0.1) is 0 Å². The Labute approximate surface area is 291 Å². The van der Waals surface area contributed by atoms with Crippen molar-refractivity contribution in [3.05, 3.63) is 0 Å². The molecule has 0 spiro atoms. The fraction of sp³-hybridized carbons (Fsp3) is 0.800. The zero-order chi connectivity index (χ0) is 28.9. The number of hydrogen-bond donors (Lipinski definition) is 1. The summed E-state index contributed by atoms with van der Waals surface area (Å²) in [5.74, 6) is -6.25. The third kappa shape index (κ3) is 25.3. The average molecular weight is 723 g/mol. The molecule has 0 aliphatic rings. The molecule has 0 aliphatic carbocycles. The summed E-state index contributed by atoms with van der Waals surface area (Å²) < 4.78 is 0. The van der Waals surface area contributed by atoms with Gasteiger partial charge < -0.3 is 44.9 Å². The quantitative estimate of drug-likeness (QED) is 0.0691. The Morgan fingerprint density at radius 3 is 1.32 bits per heavy atom. The Morgan fingerprint density at radius 1 is 0.625 bits per heavy atom. The van der Waals surface area contributed by atoms with Crippen molar-refractivity contribution in [2.45, 2.75) is 71.3 Å². The molecule has 0 bridgehead atoms. The van der Waals surface area contributed by atoms with Gasteiger partial charge in [0.2, 0.25) is 5.91 Å². The molecule has 0 aliphatic heterocycles. The number of nitrogens with zero attached hydrogens (tertiary/aromatic N) is 3. The molecule has 0 aromatic heterocycles. The second-order valence-corrected chi connectivity index (χ2v) is 9.39. The summed E-state index contributed by atoms with van der Waals surface area (Å²) in [4.78, 5) is 60.5. The molecule has 1 unspecified atom stereocenters. The number of carbonyl (C=O) groups excluding carboxylic acids is 5. The summed E-state index contributed by atoms with van der Waals surface area (Å²) in [5, 5.41) is 46.8. The third-order valence-corrected chi connectivity index (χ3v) is 6.07. The standard InChI is InChI=1S/C25H46N4O9.Gd.Na/c1-3-4-5-6-7-8-9-10-11-26-25(38)20(2)29(14-12-27(16-21(30)31)17-22(32)33)15-13-28(18-23(34)35)19-24(36)37;;/h20H,3-19H2,1-2H3,(H,26,38)(H,30,31)(H,32,33)(H,34,35)(H,36,37);;/q;+3;+1/p-4. The van der Waals surface area contributed by atoms with Gasteiger partial charge >= 0.3 is 69.5 Å². The molecule has 0 aromatic rings. The first kappa shape index (κ1) is 44.0. The second kappa shape index (κ2) is 27.4. The van der Waals surface area contributed by atoms with Crippen LogP contribution in [0.4, 0.5) is 0 Å². The Hall–Kier alpha value is -0.445. The summed E-state index contributed by atoms with van der Waals surface area (Å²) in [6.45, 7) is 1.52. The molecule has 0 saturated heterocycles. The van der Waals surface area contributed by atoms with E-state index in [0.717, 1.165) is 35.5 Å². The number of unbranched alkanes of at least 4 members (excludes halogenated alkanes) is 7. The van der Waals surface area contributed by atoms with Gasteiger partial charge in [-0.2, -0.15) is 0 Å². The molecule has 40 heavy (non-hydrogen) atoms. The van der Waals surface area contributed by atoms with Crippen LogP contribution in [0.25, 0.3) is 0 Å². The van der Waals surface area contributed by atoms with Gasteiger partial charge in [0.15, 0.2) is 0 Å². The van der Waals surface area contributed by atoms with Crippen LogP contribution < -0.4 is 55.3 Å². The number of rotatable bonds is 25. The summed E-state index contributed by atoms with van der Waals surface area (Å²) in [6.07, 6.45) is 8.88. The summed E-state index contributed by atoms with van der Waals surface area (Å²) in [7, 11) is 0. The SMILES string of the molecule is CCCCCCCCCCNC(=O)C(C)N(CCN(CC(=O)[O-])CC(=O)[O-])CCN(CC(=O)[O-])CC(=O)[O-].[Gd+3].[Na+]. The predicted molar refractivity (Wildman–Crippen MR) is 130 cm³/mol. The van der Waals surface area contributed by atoms with Gasteiger partial charge in [0.05, 0.1) is 29.9 Å². The minimum atomic E-state index is -1.48. The molecule has 0 aromatic carbocycles. The van der Waals surface area contributed by atoms with Crippen LogP contribution in [0.15, 0.2) is 0 Å². The van der Waals surface area contributed by atoms with Crippen molar-refractivity contribution in [2.24, 2.45) is 0 Å². The molecule has 0 heterocycles. The van der Waals surface area contributed by atoms with Crippen LogP contribution in [0.5, 0.6) is 0 Å². The number of nitrogens with one attached hydrogen (secondary N) is 1. The molecule has 225 valence electrons. The van der Waals surface area contributed by atoms with E-state index in [-0.39, 0.29) is 102 Å². The zero-order valence-corrected chi connectivity index (χ0v) is 28.2. The van der Waals surface area contributed by atoms with Crippen molar-refractivity contribution < 1.29 is 114 Å². The molecular formula is C25H42GdN4NaO9. The van der Waals surface area contributed by atoms with Gasteiger partial charge in [0, 0.05) is 58.9 Å². The number of carboxylic acid groups (broad SMARTS) is 4. The van der Waals surface area contributed by atoms with E-state index in [0.29, 0.717) is 6.54 Å². The topological polar surface area (TPSA) is 199 Å². The maximum absolute atomic E-state index is 12.8. The zero-order valence-electron chi connectivity index (χ0n) is 24.0. The predicted octanol–water partition coefficient (Wildman–Crippen LogP) is -7.46. The fourth-order valence-corrected chi connectivity index (χ4v) is 3.98. The van der Waals surface area contributed by atoms with E-state index in [1.807, 2.05) is 0 Å². The summed E-state index contributed by atoms with van der Waals surface area (Å²) >= 11 is 0. The van der Waals surface area contributed by atoms with Crippen LogP contribution in [-0.2, 0) is 24.0 Å². The first-order valence-electron chi connectivity index (χ1n) is 13.2. The average Bonchev–Trinajstić information content (AvgIpc) is 2.80. The molecular weight excluding hydrogens is 681 g/mol. The van der Waals surface area contributed by atoms with Crippen molar-refractivity contribution >= 4 is 29.8 Å². The number of hydrogen-bond acceptors (Lipinski definition) is 12. The number of aliphatic carboxylic acids is 4. The van der Waals surface area contributed by atoms with Gasteiger partial charge in [-0.25, -0.2) is 0 Å². The Morgan fingerprint density at radius 2 is 0.975 bits per heavy atom. The first-order chi connectivity index (χ1) is 18.0. The van der Waals surface area contributed by atoms with E-state index in [4.69, 9.17) is 0 Å². The van der Waals surface area contributed by atoms with E-state index >= 15 is 0 Å². The Balaban J connectivity index is -0.00000684. The molecule has 1 atom stereocenters. The molecule has 0 rings (SSSR count). The van der Waals surface area contributed by atoms with Crippen LogP contribution >= 0.6 is 0 Å². The number of carbonyl (C=O) groups is 5. The minimum absolute atomic E-state index is 0. The maximum atomic E-state index is 12.8. The molecule has 1 radical (unpaired) electrons. The van der Waals surface area contributed by atoms with Gasteiger partial charge in [0.1, 0.15) is 0 Å². The van der Waals surface area contributed by atoms with Crippen molar-refractivity contribution in [3.63, 3.8) is 0 Å². The first-order valence-corrected chi connectivity index (χ1v) is 13.2. The molecule has 1 N–H and O–H groups in total. The fourth-order valence-electron chi connectivity index (χ4n) is 3.98. The van der Waals surface area contributed by atoms with Crippen LogP contribution in [0.3, 0.4) is 0 Å². The van der Waals surface area contributed by atoms with Gasteiger partial charge in [-0.1, -0.05) is 51.9 Å². The molecule has 1 amide bonds. The number of carboxylic acids is 4.